The summed E-state index contributed by atoms with van der Waals surface area (Å²) >= 11 is 0. The zero-order valence-electron chi connectivity index (χ0n) is 20.0. The van der Waals surface area contributed by atoms with Crippen molar-refractivity contribution in [3.8, 4) is 0 Å². The van der Waals surface area contributed by atoms with Crippen LogP contribution in [0.15, 0.2) is 84.1 Å². The van der Waals surface area contributed by atoms with Crippen molar-refractivity contribution in [3.05, 3.63) is 95.2 Å². The second-order valence-electron chi connectivity index (χ2n) is 8.85. The minimum atomic E-state index is -0.310. The Bertz CT molecular complexity index is 1380. The predicted molar refractivity (Wildman–Crippen MR) is 139 cm³/mol. The van der Waals surface area contributed by atoms with Gasteiger partial charge in [0.15, 0.2) is 0 Å². The summed E-state index contributed by atoms with van der Waals surface area (Å²) in [5.74, 6) is 0.614. The molecule has 0 bridgehead atoms. The van der Waals surface area contributed by atoms with Gasteiger partial charge in [-0.3, -0.25) is 9.36 Å². The Balaban J connectivity index is 1.61. The lowest BCUT2D eigenvalue weighted by Crippen LogP contribution is -2.31. The number of hydrogen-bond donors (Lipinski definition) is 2. The minimum absolute atomic E-state index is 0.126. The molecule has 0 fully saturated rings. The molecule has 0 aliphatic carbocycles. The van der Waals surface area contributed by atoms with Crippen molar-refractivity contribution in [1.82, 2.24) is 9.55 Å². The van der Waals surface area contributed by atoms with Crippen LogP contribution >= 0.6 is 0 Å². The zero-order valence-corrected chi connectivity index (χ0v) is 20.0. The topological polar surface area (TPSA) is 62.2 Å². The van der Waals surface area contributed by atoms with Crippen molar-refractivity contribution in [1.29, 1.82) is 0 Å². The summed E-state index contributed by atoms with van der Waals surface area (Å²) < 4.78 is 2.13. The van der Waals surface area contributed by atoms with E-state index < -0.39 is 0 Å². The predicted octanol–water partition coefficient (Wildman–Crippen LogP) is 5.59. The highest BCUT2D eigenvalue weighted by Gasteiger charge is 2.34. The van der Waals surface area contributed by atoms with Gasteiger partial charge in [-0.05, 0) is 60.9 Å². The van der Waals surface area contributed by atoms with E-state index in [1.807, 2.05) is 57.4 Å². The van der Waals surface area contributed by atoms with Crippen LogP contribution in [-0.4, -0.2) is 29.6 Å². The fraction of sp³-hybridized carbons (Fsp3) is 0.214. The van der Waals surface area contributed by atoms with Crippen molar-refractivity contribution >= 4 is 34.3 Å². The molecule has 1 aliphatic heterocycles. The number of anilines is 3. The van der Waals surface area contributed by atoms with Gasteiger partial charge in [-0.15, -0.1) is 0 Å². The molecule has 1 unspecified atom stereocenters. The number of para-hydroxylation sites is 2. The number of fused-ring (bicyclic) bond motifs is 3. The SMILES string of the molecule is CCc1ccc(NC(=O)C2=C(C)Nc3nc4ccccc4n3C2c2ccc(N(C)C)cc2)cc1. The fourth-order valence-electron chi connectivity index (χ4n) is 4.55. The maximum atomic E-state index is 13.7. The molecule has 0 saturated carbocycles. The van der Waals surface area contributed by atoms with Crippen LogP contribution in [0.2, 0.25) is 0 Å². The lowest BCUT2D eigenvalue weighted by Gasteiger charge is -2.31. The number of nitrogens with zero attached hydrogens (tertiary/aromatic N) is 3. The van der Waals surface area contributed by atoms with Gasteiger partial charge in [-0.2, -0.15) is 0 Å². The van der Waals surface area contributed by atoms with Gasteiger partial charge >= 0.3 is 0 Å². The van der Waals surface area contributed by atoms with Crippen LogP contribution in [0.4, 0.5) is 17.3 Å². The molecule has 1 aliphatic rings. The average Bonchev–Trinajstić information content (AvgIpc) is 3.21. The van der Waals surface area contributed by atoms with Gasteiger partial charge in [0.2, 0.25) is 5.95 Å². The number of carbonyl (C=O) groups excluding carboxylic acids is 1. The minimum Gasteiger partial charge on any atom is -0.378 e. The Hall–Kier alpha value is -4.06. The second kappa shape index (κ2) is 8.71. The first-order chi connectivity index (χ1) is 16.5. The molecule has 172 valence electrons. The lowest BCUT2D eigenvalue weighted by atomic mass is 9.94. The quantitative estimate of drug-likeness (QED) is 0.415. The van der Waals surface area contributed by atoms with Crippen LogP contribution in [0.3, 0.4) is 0 Å². The molecular formula is C28H29N5O. The van der Waals surface area contributed by atoms with Crippen LogP contribution in [0.25, 0.3) is 11.0 Å². The Morgan fingerprint density at radius 2 is 1.74 bits per heavy atom. The molecule has 5 rings (SSSR count). The molecule has 4 aromatic rings. The summed E-state index contributed by atoms with van der Waals surface area (Å²) in [6.45, 7) is 4.06. The van der Waals surface area contributed by atoms with Crippen molar-refractivity contribution in [3.63, 3.8) is 0 Å². The second-order valence-corrected chi connectivity index (χ2v) is 8.85. The summed E-state index contributed by atoms with van der Waals surface area (Å²) in [7, 11) is 4.04. The molecule has 0 spiro atoms. The molecule has 1 atom stereocenters. The number of imidazole rings is 1. The van der Waals surface area contributed by atoms with Crippen LogP contribution in [0.1, 0.15) is 31.0 Å². The first-order valence-corrected chi connectivity index (χ1v) is 11.6. The maximum absolute atomic E-state index is 13.7. The number of hydrogen-bond acceptors (Lipinski definition) is 4. The van der Waals surface area contributed by atoms with Crippen molar-refractivity contribution in [2.45, 2.75) is 26.3 Å². The van der Waals surface area contributed by atoms with Gasteiger partial charge in [-0.1, -0.05) is 43.3 Å². The van der Waals surface area contributed by atoms with E-state index in [-0.39, 0.29) is 11.9 Å². The zero-order chi connectivity index (χ0) is 23.8. The Kier molecular flexibility index (Phi) is 5.57. The van der Waals surface area contributed by atoms with Crippen LogP contribution in [0, 0.1) is 0 Å². The number of rotatable bonds is 5. The maximum Gasteiger partial charge on any atom is 0.255 e. The normalized spacial score (nSPS) is 15.1. The first-order valence-electron chi connectivity index (χ1n) is 11.6. The van der Waals surface area contributed by atoms with Crippen molar-refractivity contribution in [2.24, 2.45) is 0 Å². The molecule has 0 radical (unpaired) electrons. The lowest BCUT2D eigenvalue weighted by molar-refractivity contribution is -0.113. The molecule has 6 heteroatoms. The van der Waals surface area contributed by atoms with Gasteiger partial charge in [0.25, 0.3) is 5.91 Å². The van der Waals surface area contributed by atoms with Crippen molar-refractivity contribution < 1.29 is 4.79 Å². The van der Waals surface area contributed by atoms with E-state index in [0.29, 0.717) is 5.57 Å². The van der Waals surface area contributed by atoms with Crippen LogP contribution in [-0.2, 0) is 11.2 Å². The number of aryl methyl sites for hydroxylation is 1. The Morgan fingerprint density at radius 3 is 2.41 bits per heavy atom. The van der Waals surface area contributed by atoms with E-state index in [0.717, 1.165) is 46.0 Å². The van der Waals surface area contributed by atoms with Crippen LogP contribution in [0.5, 0.6) is 0 Å². The van der Waals surface area contributed by atoms with E-state index in [1.165, 1.54) is 5.56 Å². The Labute approximate surface area is 199 Å². The highest BCUT2D eigenvalue weighted by atomic mass is 16.1. The Morgan fingerprint density at radius 1 is 1.03 bits per heavy atom. The molecule has 34 heavy (non-hydrogen) atoms. The fourth-order valence-corrected chi connectivity index (χ4v) is 4.55. The molecular weight excluding hydrogens is 422 g/mol. The molecule has 3 aromatic carbocycles. The number of allylic oxidation sites excluding steroid dienone is 1. The monoisotopic (exact) mass is 451 g/mol. The number of amides is 1. The van der Waals surface area contributed by atoms with E-state index >= 15 is 0 Å². The number of benzene rings is 3. The molecule has 1 amide bonds. The van der Waals surface area contributed by atoms with Gasteiger partial charge in [0, 0.05) is 31.2 Å². The summed E-state index contributed by atoms with van der Waals surface area (Å²) in [6.07, 6.45) is 0.962. The molecule has 1 aromatic heterocycles. The van der Waals surface area contributed by atoms with Gasteiger partial charge in [-0.25, -0.2) is 4.98 Å². The number of carbonyl (C=O) groups is 1. The molecule has 0 saturated heterocycles. The summed E-state index contributed by atoms with van der Waals surface area (Å²) in [5.41, 5.74) is 7.51. The largest absolute Gasteiger partial charge is 0.378 e. The summed E-state index contributed by atoms with van der Waals surface area (Å²) in [6, 6.07) is 24.1. The average molecular weight is 452 g/mol. The van der Waals surface area contributed by atoms with E-state index in [9.17, 15) is 4.79 Å². The standard InChI is InChI=1S/C28H29N5O/c1-5-19-10-14-21(15-11-19)30-27(34)25-18(2)29-28-31-23-8-6-7-9-24(23)33(28)26(25)20-12-16-22(17-13-20)32(3)4/h6-17,26H,5H2,1-4H3,(H,29,31)(H,30,34). The van der Waals surface area contributed by atoms with Crippen molar-refractivity contribution in [2.75, 3.05) is 29.6 Å². The molecule has 2 heterocycles. The van der Waals surface area contributed by atoms with Gasteiger partial charge in [0.1, 0.15) is 0 Å². The highest BCUT2D eigenvalue weighted by molar-refractivity contribution is 6.06. The van der Waals surface area contributed by atoms with E-state index in [4.69, 9.17) is 4.98 Å². The third-order valence-corrected chi connectivity index (χ3v) is 6.42. The number of aromatic nitrogens is 2. The van der Waals surface area contributed by atoms with Gasteiger partial charge < -0.3 is 15.5 Å². The van der Waals surface area contributed by atoms with E-state index in [2.05, 4.69) is 63.4 Å². The van der Waals surface area contributed by atoms with E-state index in [1.54, 1.807) is 0 Å². The first kappa shape index (κ1) is 21.8. The summed E-state index contributed by atoms with van der Waals surface area (Å²) in [4.78, 5) is 20.6. The van der Waals surface area contributed by atoms with Gasteiger partial charge in [0.05, 0.1) is 22.6 Å². The third-order valence-electron chi connectivity index (χ3n) is 6.42. The highest BCUT2D eigenvalue weighted by Crippen LogP contribution is 2.39. The molecule has 6 nitrogen and oxygen atoms in total. The van der Waals surface area contributed by atoms with Crippen LogP contribution < -0.4 is 15.5 Å². The third kappa shape index (κ3) is 3.81. The summed E-state index contributed by atoms with van der Waals surface area (Å²) in [5, 5.41) is 6.49. The smallest absolute Gasteiger partial charge is 0.255 e. The molecule has 2 N–H and O–H groups in total. The number of nitrogens with one attached hydrogen (secondary N) is 2.